The normalized spacial score (nSPS) is 25.9. The van der Waals surface area contributed by atoms with Crippen molar-refractivity contribution in [3.63, 3.8) is 0 Å². The number of amides is 2. The number of benzene rings is 1. The van der Waals surface area contributed by atoms with Crippen LogP contribution in [0.3, 0.4) is 0 Å². The number of fused-ring (bicyclic) bond motifs is 1. The molecule has 1 fully saturated rings. The molecule has 2 N–H and O–H groups in total. The smallest absolute Gasteiger partial charge is 0.244 e. The van der Waals surface area contributed by atoms with Gasteiger partial charge in [0.15, 0.2) is 0 Å². The number of nitrogens with zero attached hydrogens (tertiary/aromatic N) is 1. The van der Waals surface area contributed by atoms with Crippen LogP contribution in [0.25, 0.3) is 0 Å². The van der Waals surface area contributed by atoms with Crippen LogP contribution in [0.5, 0.6) is 0 Å². The van der Waals surface area contributed by atoms with Gasteiger partial charge in [-0.2, -0.15) is 0 Å². The Hall–Kier alpha value is -1.88. The first kappa shape index (κ1) is 12.2. The second-order valence-corrected chi connectivity index (χ2v) is 5.09. The lowest BCUT2D eigenvalue weighted by Gasteiger charge is -2.31. The quantitative estimate of drug-likeness (QED) is 0.795. The monoisotopic (exact) mass is 260 g/mol. The van der Waals surface area contributed by atoms with Gasteiger partial charge in [-0.25, -0.2) is 0 Å². The number of aliphatic hydroxyl groups is 1. The number of carbonyl (C=O) groups is 2. The van der Waals surface area contributed by atoms with E-state index in [1.807, 2.05) is 18.2 Å². The van der Waals surface area contributed by atoms with E-state index in [-0.39, 0.29) is 24.3 Å². The Morgan fingerprint density at radius 1 is 1.32 bits per heavy atom. The number of hydrogen-bond donors (Lipinski definition) is 2. The average molecular weight is 260 g/mol. The molecule has 2 atom stereocenters. The summed E-state index contributed by atoms with van der Waals surface area (Å²) < 4.78 is 0. The minimum absolute atomic E-state index is 0.0269. The molecule has 19 heavy (non-hydrogen) atoms. The summed E-state index contributed by atoms with van der Waals surface area (Å²) in [5, 5.41) is 12.6. The van der Waals surface area contributed by atoms with E-state index in [1.165, 1.54) is 4.90 Å². The number of para-hydroxylation sites is 2. The lowest BCUT2D eigenvalue weighted by molar-refractivity contribution is -0.126. The molecule has 100 valence electrons. The van der Waals surface area contributed by atoms with Gasteiger partial charge in [0.2, 0.25) is 11.8 Å². The zero-order valence-electron chi connectivity index (χ0n) is 10.5. The molecular formula is C14H16N2O3. The van der Waals surface area contributed by atoms with Gasteiger partial charge in [-0.15, -0.1) is 0 Å². The predicted molar refractivity (Wildman–Crippen MR) is 70.8 cm³/mol. The molecule has 2 unspecified atom stereocenters. The Bertz CT molecular complexity index is 529. The van der Waals surface area contributed by atoms with Crippen molar-refractivity contribution in [1.29, 1.82) is 0 Å². The summed E-state index contributed by atoms with van der Waals surface area (Å²) >= 11 is 0. The molecule has 1 aromatic rings. The minimum atomic E-state index is -0.579. The van der Waals surface area contributed by atoms with Gasteiger partial charge in [-0.05, 0) is 31.4 Å². The van der Waals surface area contributed by atoms with E-state index in [9.17, 15) is 14.7 Å². The third-order valence-electron chi connectivity index (χ3n) is 3.83. The maximum Gasteiger partial charge on any atom is 0.244 e. The van der Waals surface area contributed by atoms with Crippen LogP contribution in [0.4, 0.5) is 11.4 Å². The van der Waals surface area contributed by atoms with E-state index in [0.717, 1.165) is 6.42 Å². The molecule has 1 aliphatic carbocycles. The van der Waals surface area contributed by atoms with Crippen LogP contribution >= 0.6 is 0 Å². The molecule has 1 saturated carbocycles. The van der Waals surface area contributed by atoms with Crippen molar-refractivity contribution in [1.82, 2.24) is 0 Å². The van der Waals surface area contributed by atoms with E-state index in [4.69, 9.17) is 0 Å². The first-order valence-electron chi connectivity index (χ1n) is 6.55. The first-order valence-corrected chi connectivity index (χ1v) is 6.55. The Morgan fingerprint density at radius 3 is 2.84 bits per heavy atom. The van der Waals surface area contributed by atoms with Gasteiger partial charge in [-0.1, -0.05) is 12.1 Å². The van der Waals surface area contributed by atoms with Gasteiger partial charge in [0, 0.05) is 0 Å². The number of nitrogens with one attached hydrogen (secondary N) is 1. The fourth-order valence-corrected chi connectivity index (χ4v) is 2.86. The number of rotatable bonds is 1. The van der Waals surface area contributed by atoms with Crippen molar-refractivity contribution >= 4 is 23.2 Å². The molecule has 5 nitrogen and oxygen atoms in total. The van der Waals surface area contributed by atoms with E-state index in [1.54, 1.807) is 6.07 Å². The zero-order valence-corrected chi connectivity index (χ0v) is 10.5. The number of anilines is 2. The number of aliphatic hydroxyl groups excluding tert-OH is 1. The van der Waals surface area contributed by atoms with E-state index < -0.39 is 6.10 Å². The fraction of sp³-hybridized carbons (Fsp3) is 0.429. The molecule has 0 saturated heterocycles. The van der Waals surface area contributed by atoms with Crippen molar-refractivity contribution < 1.29 is 14.7 Å². The van der Waals surface area contributed by atoms with Crippen LogP contribution in [-0.2, 0) is 9.59 Å². The largest absolute Gasteiger partial charge is 0.392 e. The van der Waals surface area contributed by atoms with Gasteiger partial charge in [-0.3, -0.25) is 9.59 Å². The Kier molecular flexibility index (Phi) is 2.98. The van der Waals surface area contributed by atoms with Crippen LogP contribution in [0.15, 0.2) is 24.3 Å². The summed E-state index contributed by atoms with van der Waals surface area (Å²) in [6.45, 7) is 0.0269. The summed E-state index contributed by atoms with van der Waals surface area (Å²) in [5.74, 6) is -0.717. The van der Waals surface area contributed by atoms with Crippen molar-refractivity contribution in [3.05, 3.63) is 24.3 Å². The third kappa shape index (κ3) is 2.10. The van der Waals surface area contributed by atoms with Crippen LogP contribution in [0.1, 0.15) is 19.3 Å². The van der Waals surface area contributed by atoms with Crippen LogP contribution in [-0.4, -0.2) is 29.6 Å². The molecule has 0 spiro atoms. The maximum atomic E-state index is 12.5. The van der Waals surface area contributed by atoms with E-state index >= 15 is 0 Å². The summed E-state index contributed by atoms with van der Waals surface area (Å²) in [6.07, 6.45) is 1.64. The molecule has 2 amide bonds. The maximum absolute atomic E-state index is 12.5. The molecule has 5 heteroatoms. The highest BCUT2D eigenvalue weighted by atomic mass is 16.3. The van der Waals surface area contributed by atoms with Crippen molar-refractivity contribution in [2.75, 3.05) is 16.8 Å². The Balaban J connectivity index is 1.92. The topological polar surface area (TPSA) is 69.6 Å². The SMILES string of the molecule is O=C1CN(C(=O)C2CCCC2O)c2ccccc2N1. The highest BCUT2D eigenvalue weighted by molar-refractivity contribution is 6.10. The highest BCUT2D eigenvalue weighted by Crippen LogP contribution is 2.33. The van der Waals surface area contributed by atoms with Crippen molar-refractivity contribution in [2.45, 2.75) is 25.4 Å². The number of carbonyl (C=O) groups excluding carboxylic acids is 2. The molecule has 1 aliphatic heterocycles. The zero-order chi connectivity index (χ0) is 13.4. The molecule has 0 bridgehead atoms. The molecule has 2 aliphatic rings. The molecular weight excluding hydrogens is 244 g/mol. The standard InChI is InChI=1S/C14H16N2O3/c17-12-7-3-4-9(12)14(19)16-8-13(18)15-10-5-1-2-6-11(10)16/h1-2,5-6,9,12,17H,3-4,7-8H2,(H,15,18). The highest BCUT2D eigenvalue weighted by Gasteiger charge is 2.37. The molecule has 3 rings (SSSR count). The predicted octanol–water partition coefficient (Wildman–Crippen LogP) is 1.13. The summed E-state index contributed by atoms with van der Waals surface area (Å²) in [7, 11) is 0. The first-order chi connectivity index (χ1) is 9.16. The molecule has 1 aromatic carbocycles. The number of hydrogen-bond acceptors (Lipinski definition) is 3. The molecule has 0 aromatic heterocycles. The lowest BCUT2D eigenvalue weighted by Crippen LogP contribution is -2.46. The van der Waals surface area contributed by atoms with Gasteiger partial charge < -0.3 is 15.3 Å². The lowest BCUT2D eigenvalue weighted by atomic mass is 10.0. The second-order valence-electron chi connectivity index (χ2n) is 5.09. The minimum Gasteiger partial charge on any atom is -0.392 e. The summed E-state index contributed by atoms with van der Waals surface area (Å²) in [6, 6.07) is 7.24. The molecule has 1 heterocycles. The summed E-state index contributed by atoms with van der Waals surface area (Å²) in [4.78, 5) is 25.7. The van der Waals surface area contributed by atoms with Crippen LogP contribution in [0, 0.1) is 5.92 Å². The van der Waals surface area contributed by atoms with Gasteiger partial charge >= 0.3 is 0 Å². The van der Waals surface area contributed by atoms with Crippen LogP contribution in [0.2, 0.25) is 0 Å². The van der Waals surface area contributed by atoms with Crippen molar-refractivity contribution in [3.8, 4) is 0 Å². The third-order valence-corrected chi connectivity index (χ3v) is 3.83. The Labute approximate surface area is 111 Å². The average Bonchev–Trinajstić information content (AvgIpc) is 2.83. The summed E-state index contributed by atoms with van der Waals surface area (Å²) in [5.41, 5.74) is 1.37. The van der Waals surface area contributed by atoms with Crippen molar-refractivity contribution in [2.24, 2.45) is 5.92 Å². The van der Waals surface area contributed by atoms with E-state index in [0.29, 0.717) is 24.2 Å². The van der Waals surface area contributed by atoms with Gasteiger partial charge in [0.25, 0.3) is 0 Å². The van der Waals surface area contributed by atoms with Gasteiger partial charge in [0.05, 0.1) is 23.4 Å². The van der Waals surface area contributed by atoms with Crippen LogP contribution < -0.4 is 10.2 Å². The fourth-order valence-electron chi connectivity index (χ4n) is 2.86. The Morgan fingerprint density at radius 2 is 2.11 bits per heavy atom. The second kappa shape index (κ2) is 4.66. The molecule has 0 radical (unpaired) electrons. The van der Waals surface area contributed by atoms with E-state index in [2.05, 4.69) is 5.32 Å². The van der Waals surface area contributed by atoms with Gasteiger partial charge in [0.1, 0.15) is 6.54 Å².